The van der Waals surface area contributed by atoms with Crippen molar-refractivity contribution < 1.29 is 0 Å². The van der Waals surface area contributed by atoms with E-state index >= 15 is 0 Å². The number of benzene rings is 1. The smallest absolute Gasteiger partial charge is 0.0589 e. The van der Waals surface area contributed by atoms with Gasteiger partial charge in [0.2, 0.25) is 0 Å². The molecule has 70 valence electrons. The highest BCUT2D eigenvalue weighted by Crippen LogP contribution is 2.22. The largest absolute Gasteiger partial charge is 0.197 e. The van der Waals surface area contributed by atoms with Gasteiger partial charge in [-0.25, -0.2) is 0 Å². The van der Waals surface area contributed by atoms with Gasteiger partial charge in [-0.05, 0) is 37.0 Å². The van der Waals surface area contributed by atoms with E-state index < -0.39 is 0 Å². The maximum atomic E-state index is 4.28. The van der Waals surface area contributed by atoms with Gasteiger partial charge in [0.15, 0.2) is 0 Å². The molecule has 0 bridgehead atoms. The van der Waals surface area contributed by atoms with Crippen LogP contribution in [0.15, 0.2) is 18.2 Å². The summed E-state index contributed by atoms with van der Waals surface area (Å²) in [6, 6.07) is 6.45. The van der Waals surface area contributed by atoms with Crippen molar-refractivity contribution in [1.29, 1.82) is 0 Å². The zero-order chi connectivity index (χ0) is 9.84. The second kappa shape index (κ2) is 4.38. The lowest BCUT2D eigenvalue weighted by Crippen LogP contribution is -1.71. The van der Waals surface area contributed by atoms with Crippen molar-refractivity contribution in [1.82, 2.24) is 4.37 Å². The van der Waals surface area contributed by atoms with Crippen LogP contribution >= 0.6 is 11.5 Å². The van der Waals surface area contributed by atoms with E-state index in [1.807, 2.05) is 20.8 Å². The molecule has 0 N–H and O–H groups in total. The van der Waals surface area contributed by atoms with Crippen LogP contribution in [0.4, 0.5) is 0 Å². The molecule has 2 aromatic rings. The molecule has 0 spiro atoms. The number of aromatic nitrogens is 1. The van der Waals surface area contributed by atoms with Crippen molar-refractivity contribution >= 4 is 21.6 Å². The fraction of sp³-hybridized carbons (Fsp3) is 0.364. The summed E-state index contributed by atoms with van der Waals surface area (Å²) in [4.78, 5) is 0. The van der Waals surface area contributed by atoms with E-state index in [0.717, 1.165) is 5.69 Å². The minimum absolute atomic E-state index is 1.14. The highest BCUT2D eigenvalue weighted by atomic mass is 32.1. The number of fused-ring (bicyclic) bond motifs is 1. The monoisotopic (exact) mass is 193 g/mol. The Kier molecular flexibility index (Phi) is 3.43. The van der Waals surface area contributed by atoms with Gasteiger partial charge < -0.3 is 0 Å². The third kappa shape index (κ3) is 2.07. The Labute approximate surface area is 83.6 Å². The van der Waals surface area contributed by atoms with Crippen molar-refractivity contribution in [2.75, 3.05) is 0 Å². The third-order valence-electron chi connectivity index (χ3n) is 1.81. The van der Waals surface area contributed by atoms with E-state index in [4.69, 9.17) is 0 Å². The first kappa shape index (κ1) is 10.2. The highest BCUT2D eigenvalue weighted by molar-refractivity contribution is 7.13. The Morgan fingerprint density at radius 2 is 1.85 bits per heavy atom. The van der Waals surface area contributed by atoms with Gasteiger partial charge in [0, 0.05) is 5.39 Å². The maximum Gasteiger partial charge on any atom is 0.0589 e. The molecule has 2 rings (SSSR count). The molecule has 0 atom stereocenters. The normalized spacial score (nSPS) is 9.54. The minimum Gasteiger partial charge on any atom is -0.197 e. The van der Waals surface area contributed by atoms with Crippen molar-refractivity contribution in [3.8, 4) is 0 Å². The van der Waals surface area contributed by atoms with Crippen LogP contribution < -0.4 is 0 Å². The molecule has 0 unspecified atom stereocenters. The lowest BCUT2D eigenvalue weighted by atomic mass is 10.2. The molecule has 1 aromatic carbocycles. The van der Waals surface area contributed by atoms with Crippen LogP contribution in [-0.2, 0) is 0 Å². The van der Waals surface area contributed by atoms with Gasteiger partial charge in [-0.3, -0.25) is 0 Å². The SMILES string of the molecule is CC.Cc1ccc2c(C)nsc2c1. The Balaban J connectivity index is 0.000000396. The van der Waals surface area contributed by atoms with Crippen LogP contribution in [-0.4, -0.2) is 4.37 Å². The molecule has 1 nitrogen and oxygen atoms in total. The molecule has 0 radical (unpaired) electrons. The number of rotatable bonds is 0. The van der Waals surface area contributed by atoms with E-state index in [1.165, 1.54) is 15.6 Å². The molecule has 1 aromatic heterocycles. The van der Waals surface area contributed by atoms with Crippen molar-refractivity contribution in [3.05, 3.63) is 29.5 Å². The third-order valence-corrected chi connectivity index (χ3v) is 2.71. The second-order valence-electron chi connectivity index (χ2n) is 2.77. The number of hydrogen-bond acceptors (Lipinski definition) is 2. The quantitative estimate of drug-likeness (QED) is 0.617. The first-order chi connectivity index (χ1) is 6.27. The molecular weight excluding hydrogens is 178 g/mol. The molecule has 0 saturated heterocycles. The van der Waals surface area contributed by atoms with Crippen LogP contribution in [0.1, 0.15) is 25.1 Å². The van der Waals surface area contributed by atoms with Crippen LogP contribution in [0.2, 0.25) is 0 Å². The fourth-order valence-electron chi connectivity index (χ4n) is 1.17. The second-order valence-corrected chi connectivity index (χ2v) is 3.57. The topological polar surface area (TPSA) is 12.9 Å². The van der Waals surface area contributed by atoms with Crippen molar-refractivity contribution in [3.63, 3.8) is 0 Å². The fourth-order valence-corrected chi connectivity index (χ4v) is 2.06. The Bertz CT molecular complexity index is 390. The molecule has 13 heavy (non-hydrogen) atoms. The lowest BCUT2D eigenvalue weighted by molar-refractivity contribution is 1.37. The van der Waals surface area contributed by atoms with E-state index in [0.29, 0.717) is 0 Å². The molecule has 0 aliphatic rings. The van der Waals surface area contributed by atoms with Crippen molar-refractivity contribution in [2.24, 2.45) is 0 Å². The number of nitrogens with zero attached hydrogens (tertiary/aromatic N) is 1. The van der Waals surface area contributed by atoms with Gasteiger partial charge in [-0.1, -0.05) is 26.0 Å². The summed E-state index contributed by atoms with van der Waals surface area (Å²) in [5.74, 6) is 0. The summed E-state index contributed by atoms with van der Waals surface area (Å²) < 4.78 is 5.57. The van der Waals surface area contributed by atoms with E-state index in [9.17, 15) is 0 Å². The van der Waals surface area contributed by atoms with Crippen LogP contribution in [0.5, 0.6) is 0 Å². The molecule has 0 aliphatic carbocycles. The summed E-state index contributed by atoms with van der Waals surface area (Å²) in [6.45, 7) is 8.16. The number of hydrogen-bond donors (Lipinski definition) is 0. The standard InChI is InChI=1S/C9H9NS.C2H6/c1-6-3-4-8-7(2)10-11-9(8)5-6;1-2/h3-5H,1-2H3;1-2H3. The van der Waals surface area contributed by atoms with Gasteiger partial charge in [-0.15, -0.1) is 0 Å². The van der Waals surface area contributed by atoms with Gasteiger partial charge >= 0.3 is 0 Å². The number of aryl methyl sites for hydroxylation is 2. The van der Waals surface area contributed by atoms with Crippen LogP contribution in [0, 0.1) is 13.8 Å². The molecule has 2 heteroatoms. The van der Waals surface area contributed by atoms with E-state index in [-0.39, 0.29) is 0 Å². The highest BCUT2D eigenvalue weighted by Gasteiger charge is 1.99. The van der Waals surface area contributed by atoms with Gasteiger partial charge in [0.05, 0.1) is 10.4 Å². The first-order valence-electron chi connectivity index (χ1n) is 4.60. The summed E-state index contributed by atoms with van der Waals surface area (Å²) in [6.07, 6.45) is 0. The average molecular weight is 193 g/mol. The molecule has 0 saturated carbocycles. The van der Waals surface area contributed by atoms with Crippen LogP contribution in [0.3, 0.4) is 0 Å². The Hall–Kier alpha value is -0.890. The van der Waals surface area contributed by atoms with Crippen LogP contribution in [0.25, 0.3) is 10.1 Å². The minimum atomic E-state index is 1.14. The zero-order valence-electron chi connectivity index (χ0n) is 8.59. The van der Waals surface area contributed by atoms with E-state index in [2.05, 4.69) is 29.5 Å². The first-order valence-corrected chi connectivity index (χ1v) is 5.37. The van der Waals surface area contributed by atoms with Gasteiger partial charge in [0.25, 0.3) is 0 Å². The summed E-state index contributed by atoms with van der Waals surface area (Å²) in [7, 11) is 0. The van der Waals surface area contributed by atoms with Gasteiger partial charge in [-0.2, -0.15) is 4.37 Å². The Morgan fingerprint density at radius 3 is 2.54 bits per heavy atom. The summed E-state index contributed by atoms with van der Waals surface area (Å²) in [5, 5.41) is 1.29. The molecule has 0 fully saturated rings. The molecular formula is C11H15NS. The van der Waals surface area contributed by atoms with Gasteiger partial charge in [0.1, 0.15) is 0 Å². The van der Waals surface area contributed by atoms with Crippen molar-refractivity contribution in [2.45, 2.75) is 27.7 Å². The van der Waals surface area contributed by atoms with E-state index in [1.54, 1.807) is 11.5 Å². The summed E-state index contributed by atoms with van der Waals surface area (Å²) >= 11 is 1.58. The molecule has 0 amide bonds. The Morgan fingerprint density at radius 1 is 1.15 bits per heavy atom. The lowest BCUT2D eigenvalue weighted by Gasteiger charge is -1.90. The maximum absolute atomic E-state index is 4.28. The molecule has 1 heterocycles. The average Bonchev–Trinajstić information content (AvgIpc) is 2.51. The molecule has 0 aliphatic heterocycles. The predicted molar refractivity (Wildman–Crippen MR) is 60.4 cm³/mol. The zero-order valence-corrected chi connectivity index (χ0v) is 9.40. The predicted octanol–water partition coefficient (Wildman–Crippen LogP) is 3.94. The summed E-state index contributed by atoms with van der Waals surface area (Å²) in [5.41, 5.74) is 2.45.